The molecule has 0 aromatic heterocycles. The van der Waals surface area contributed by atoms with Crippen LogP contribution in [-0.2, 0) is 23.4 Å². The van der Waals surface area contributed by atoms with Crippen LogP contribution in [0.15, 0.2) is 0 Å². The van der Waals surface area contributed by atoms with Crippen molar-refractivity contribution < 1.29 is 23.4 Å². The summed E-state index contributed by atoms with van der Waals surface area (Å²) in [6.45, 7) is 2.40. The Balaban J connectivity index is 1.93. The first kappa shape index (κ1) is 15.1. The van der Waals surface area contributed by atoms with E-state index in [1.54, 1.807) is 14.2 Å². The molecular weight excluding hydrogens is 240 g/mol. The topological polar surface area (TPSA) is 49.5 Å². The Morgan fingerprint density at radius 2 is 1.94 bits per heavy atom. The van der Waals surface area contributed by atoms with Crippen molar-refractivity contribution in [1.29, 1.82) is 0 Å². The summed E-state index contributed by atoms with van der Waals surface area (Å²) in [5, 5.41) is 0. The molecule has 1 aliphatic rings. The Kier molecular flexibility index (Phi) is 7.25. The van der Waals surface area contributed by atoms with Gasteiger partial charge in [-0.1, -0.05) is 6.42 Å². The average molecular weight is 264 g/mol. The van der Waals surface area contributed by atoms with Crippen molar-refractivity contribution in [2.45, 2.75) is 37.8 Å². The summed E-state index contributed by atoms with van der Waals surface area (Å²) < 4.78 is 26.4. The summed E-state index contributed by atoms with van der Waals surface area (Å²) in [5.41, 5.74) is 0. The van der Waals surface area contributed by atoms with Gasteiger partial charge < -0.3 is 23.4 Å². The molecule has 1 unspecified atom stereocenters. The van der Waals surface area contributed by atoms with Crippen molar-refractivity contribution in [3.8, 4) is 0 Å². The van der Waals surface area contributed by atoms with Crippen LogP contribution in [0.25, 0.3) is 0 Å². The Bertz CT molecular complexity index is 186. The first-order valence-electron chi connectivity index (χ1n) is 6.11. The number of epoxide rings is 1. The number of hydrogen-bond donors (Lipinski definition) is 0. The van der Waals surface area contributed by atoms with Gasteiger partial charge in [0.2, 0.25) is 0 Å². The predicted molar refractivity (Wildman–Crippen MR) is 66.8 cm³/mol. The maximum atomic E-state index is 5.46. The lowest BCUT2D eigenvalue weighted by Crippen LogP contribution is -2.36. The summed E-state index contributed by atoms with van der Waals surface area (Å²) >= 11 is 0. The lowest BCUT2D eigenvalue weighted by Gasteiger charge is -2.29. The Labute approximate surface area is 106 Å². The number of unbranched alkanes of at least 4 members (excludes halogenated alkanes) is 2. The molecule has 0 N–H and O–H groups in total. The second kappa shape index (κ2) is 8.18. The highest BCUT2D eigenvalue weighted by Gasteiger charge is 2.27. The van der Waals surface area contributed by atoms with Gasteiger partial charge in [-0.3, -0.25) is 0 Å². The van der Waals surface area contributed by atoms with Gasteiger partial charge >= 0.3 is 0 Å². The van der Waals surface area contributed by atoms with Crippen LogP contribution in [-0.4, -0.2) is 56.6 Å². The molecule has 1 heterocycles. The van der Waals surface area contributed by atoms with Crippen LogP contribution in [0.4, 0.5) is 0 Å². The minimum absolute atomic E-state index is 0.364. The fourth-order valence-corrected chi connectivity index (χ4v) is 2.20. The second-order valence-corrected chi connectivity index (χ2v) is 4.54. The lowest BCUT2D eigenvalue weighted by molar-refractivity contribution is -0.325. The van der Waals surface area contributed by atoms with E-state index >= 15 is 0 Å². The van der Waals surface area contributed by atoms with Crippen molar-refractivity contribution in [2.24, 2.45) is 0 Å². The van der Waals surface area contributed by atoms with E-state index in [9.17, 15) is 0 Å². The summed E-state index contributed by atoms with van der Waals surface area (Å²) in [6.07, 6.45) is 4.27. The number of ether oxygens (including phenoxy) is 4. The van der Waals surface area contributed by atoms with E-state index in [2.05, 4.69) is 0 Å². The smallest absolute Gasteiger partial charge is 0.272 e. The standard InChI is InChI=1S/C11H24O5Si/c1-12-11(13-2,16-17)6-4-3-5-7-14-8-10-9-15-10/h10H,3-9H2,1-2,17H3. The van der Waals surface area contributed by atoms with Crippen molar-refractivity contribution in [1.82, 2.24) is 0 Å². The van der Waals surface area contributed by atoms with Crippen LogP contribution in [0.2, 0.25) is 0 Å². The van der Waals surface area contributed by atoms with Crippen molar-refractivity contribution in [2.75, 3.05) is 34.0 Å². The molecule has 0 aromatic rings. The average Bonchev–Trinajstić information content (AvgIpc) is 3.18. The Morgan fingerprint density at radius 3 is 2.47 bits per heavy atom. The van der Waals surface area contributed by atoms with Crippen LogP contribution in [0.5, 0.6) is 0 Å². The molecule has 17 heavy (non-hydrogen) atoms. The molecule has 0 radical (unpaired) electrons. The van der Waals surface area contributed by atoms with Gasteiger partial charge in [0.15, 0.2) is 10.5 Å². The third-order valence-corrected chi connectivity index (χ3v) is 3.53. The lowest BCUT2D eigenvalue weighted by atomic mass is 10.2. The van der Waals surface area contributed by atoms with Gasteiger partial charge in [-0.25, -0.2) is 0 Å². The van der Waals surface area contributed by atoms with Crippen LogP contribution < -0.4 is 0 Å². The maximum absolute atomic E-state index is 5.46. The van der Waals surface area contributed by atoms with E-state index in [1.165, 1.54) is 0 Å². The summed E-state index contributed by atoms with van der Waals surface area (Å²) in [4.78, 5) is 0. The normalized spacial score (nSPS) is 19.8. The van der Waals surface area contributed by atoms with Crippen LogP contribution in [0.3, 0.4) is 0 Å². The second-order valence-electron chi connectivity index (χ2n) is 4.14. The van der Waals surface area contributed by atoms with Crippen molar-refractivity contribution >= 4 is 10.5 Å². The molecule has 0 bridgehead atoms. The zero-order valence-corrected chi connectivity index (χ0v) is 13.1. The zero-order valence-electron chi connectivity index (χ0n) is 11.1. The van der Waals surface area contributed by atoms with Gasteiger partial charge in [-0.05, 0) is 12.8 Å². The molecule has 1 atom stereocenters. The molecule has 0 amide bonds. The van der Waals surface area contributed by atoms with Crippen molar-refractivity contribution in [3.63, 3.8) is 0 Å². The molecular formula is C11H24O5Si. The molecule has 0 aromatic carbocycles. The quantitative estimate of drug-likeness (QED) is 0.231. The molecule has 6 heteroatoms. The van der Waals surface area contributed by atoms with Gasteiger partial charge in [0.25, 0.3) is 5.97 Å². The van der Waals surface area contributed by atoms with E-state index in [1.807, 2.05) is 0 Å². The molecule has 102 valence electrons. The molecule has 1 aliphatic heterocycles. The molecule has 5 nitrogen and oxygen atoms in total. The van der Waals surface area contributed by atoms with Gasteiger partial charge in [-0.2, -0.15) is 0 Å². The van der Waals surface area contributed by atoms with Crippen LogP contribution >= 0.6 is 0 Å². The first-order chi connectivity index (χ1) is 8.26. The maximum Gasteiger partial charge on any atom is 0.272 e. The first-order valence-corrected chi connectivity index (χ1v) is 6.93. The predicted octanol–water partition coefficient (Wildman–Crippen LogP) is 0.206. The van der Waals surface area contributed by atoms with Crippen molar-refractivity contribution in [3.05, 3.63) is 0 Å². The van der Waals surface area contributed by atoms with E-state index in [0.717, 1.165) is 45.5 Å². The fourth-order valence-electron chi connectivity index (χ4n) is 1.66. The zero-order chi connectivity index (χ0) is 12.6. The summed E-state index contributed by atoms with van der Waals surface area (Å²) in [5.74, 6) is -0.824. The van der Waals surface area contributed by atoms with E-state index in [4.69, 9.17) is 23.4 Å². The number of hydrogen-bond acceptors (Lipinski definition) is 5. The van der Waals surface area contributed by atoms with Crippen LogP contribution in [0, 0.1) is 0 Å². The summed E-state index contributed by atoms with van der Waals surface area (Å²) in [7, 11) is 3.82. The van der Waals surface area contributed by atoms with Gasteiger partial charge in [0.05, 0.1) is 13.2 Å². The highest BCUT2D eigenvalue weighted by molar-refractivity contribution is 5.98. The minimum Gasteiger partial charge on any atom is -0.380 e. The van der Waals surface area contributed by atoms with E-state index in [-0.39, 0.29) is 0 Å². The van der Waals surface area contributed by atoms with Crippen LogP contribution in [0.1, 0.15) is 25.7 Å². The number of rotatable bonds is 11. The Hall–Kier alpha value is 0.0169. The molecule has 1 fully saturated rings. The third-order valence-electron chi connectivity index (χ3n) is 2.91. The third kappa shape index (κ3) is 5.94. The Morgan fingerprint density at radius 1 is 1.24 bits per heavy atom. The van der Waals surface area contributed by atoms with Gasteiger partial charge in [0.1, 0.15) is 6.10 Å². The minimum atomic E-state index is -0.824. The van der Waals surface area contributed by atoms with E-state index in [0.29, 0.717) is 16.6 Å². The summed E-state index contributed by atoms with van der Waals surface area (Å²) in [6, 6.07) is 0. The molecule has 0 saturated carbocycles. The largest absolute Gasteiger partial charge is 0.380 e. The highest BCUT2D eigenvalue weighted by Crippen LogP contribution is 2.20. The molecule has 0 aliphatic carbocycles. The molecule has 1 saturated heterocycles. The highest BCUT2D eigenvalue weighted by atomic mass is 28.2. The number of methoxy groups -OCH3 is 2. The molecule has 0 spiro atoms. The monoisotopic (exact) mass is 264 g/mol. The van der Waals surface area contributed by atoms with E-state index < -0.39 is 5.97 Å². The van der Waals surface area contributed by atoms with Gasteiger partial charge in [-0.15, -0.1) is 0 Å². The SMILES string of the molecule is COC(CCCCCOCC1CO1)(OC)O[SiH3]. The molecule has 1 rings (SSSR count). The van der Waals surface area contributed by atoms with Gasteiger partial charge in [0, 0.05) is 27.2 Å². The fraction of sp³-hybridized carbons (Fsp3) is 1.00.